The van der Waals surface area contributed by atoms with Gasteiger partial charge in [-0.25, -0.2) is 4.39 Å². The van der Waals surface area contributed by atoms with Crippen molar-refractivity contribution in [2.45, 2.75) is 19.0 Å². The van der Waals surface area contributed by atoms with Crippen molar-refractivity contribution in [1.29, 1.82) is 0 Å². The van der Waals surface area contributed by atoms with Gasteiger partial charge in [0.15, 0.2) is 23.1 Å². The molecule has 3 aliphatic rings. The highest BCUT2D eigenvalue weighted by Crippen LogP contribution is 2.33. The second-order valence-corrected chi connectivity index (χ2v) is 9.04. The van der Waals surface area contributed by atoms with Crippen LogP contribution in [0.1, 0.15) is 18.2 Å². The third kappa shape index (κ3) is 5.08. The minimum absolute atomic E-state index is 0. The van der Waals surface area contributed by atoms with Crippen LogP contribution in [0.25, 0.3) is 11.0 Å². The molecule has 0 amide bonds. The first-order chi connectivity index (χ1) is 16.7. The van der Waals surface area contributed by atoms with E-state index in [0.29, 0.717) is 49.0 Å². The highest BCUT2D eigenvalue weighted by atomic mass is 35.5. The second kappa shape index (κ2) is 11.2. The Labute approximate surface area is 219 Å². The minimum atomic E-state index is -0.537. The Balaban J connectivity index is 0.00000152. The number of fused-ring (bicyclic) bond motifs is 1. The maximum atomic E-state index is 14.2. The third-order valence-electron chi connectivity index (χ3n) is 6.70. The molecule has 194 valence electrons. The van der Waals surface area contributed by atoms with Crippen molar-refractivity contribution in [3.05, 3.63) is 52.5 Å². The van der Waals surface area contributed by atoms with E-state index >= 15 is 0 Å². The van der Waals surface area contributed by atoms with Gasteiger partial charge in [-0.1, -0.05) is 0 Å². The van der Waals surface area contributed by atoms with Crippen molar-refractivity contribution >= 4 is 35.8 Å². The van der Waals surface area contributed by atoms with E-state index in [-0.39, 0.29) is 48.8 Å². The number of halogens is 3. The molecule has 0 saturated carbocycles. The molecule has 0 radical (unpaired) electrons. The molecule has 6 heterocycles. The van der Waals surface area contributed by atoms with Crippen LogP contribution < -0.4 is 25.1 Å². The van der Waals surface area contributed by atoms with Crippen molar-refractivity contribution in [2.75, 3.05) is 46.0 Å². The van der Waals surface area contributed by atoms with Crippen LogP contribution in [-0.4, -0.2) is 65.4 Å². The summed E-state index contributed by atoms with van der Waals surface area (Å²) in [5, 5.41) is 3.50. The van der Waals surface area contributed by atoms with Gasteiger partial charge >= 0.3 is 0 Å². The quantitative estimate of drug-likeness (QED) is 0.511. The molecule has 36 heavy (non-hydrogen) atoms. The Kier molecular flexibility index (Phi) is 8.19. The Bertz CT molecular complexity index is 1290. The van der Waals surface area contributed by atoms with Gasteiger partial charge in [-0.15, -0.1) is 24.8 Å². The van der Waals surface area contributed by atoms with E-state index in [2.05, 4.69) is 20.2 Å². The van der Waals surface area contributed by atoms with Gasteiger partial charge in [0.05, 0.1) is 29.6 Å². The number of rotatable bonds is 6. The van der Waals surface area contributed by atoms with Crippen LogP contribution in [0.3, 0.4) is 0 Å². The molecule has 12 heteroatoms. The van der Waals surface area contributed by atoms with E-state index < -0.39 is 5.82 Å². The van der Waals surface area contributed by atoms with E-state index in [0.717, 1.165) is 43.7 Å². The number of likely N-dealkylation sites (tertiary alicyclic amines) is 1. The number of ether oxygens (including phenoxy) is 3. The molecular weight excluding hydrogens is 512 g/mol. The van der Waals surface area contributed by atoms with Gasteiger partial charge in [0.2, 0.25) is 0 Å². The molecule has 3 aromatic rings. The van der Waals surface area contributed by atoms with Gasteiger partial charge in [-0.05, 0) is 31.5 Å². The molecule has 3 aromatic heterocycles. The normalized spacial score (nSPS) is 20.4. The van der Waals surface area contributed by atoms with E-state index in [1.165, 1.54) is 6.07 Å². The molecule has 0 spiro atoms. The van der Waals surface area contributed by atoms with E-state index in [1.807, 2.05) is 6.07 Å². The SMILES string of the molecule is Cl.Cl.O=c1ccc2ncc(F)c3c2n1[C@H](CN1CC[C@H](CNCc2cc4c(cn2)OCCO4)C1)CO3. The average Bonchev–Trinajstić information content (AvgIpc) is 3.30. The lowest BCUT2D eigenvalue weighted by Gasteiger charge is -2.31. The van der Waals surface area contributed by atoms with Crippen molar-refractivity contribution in [3.8, 4) is 17.2 Å². The predicted octanol–water partition coefficient (Wildman–Crippen LogP) is 2.59. The molecular formula is C24H28Cl2FN5O4. The summed E-state index contributed by atoms with van der Waals surface area (Å²) in [6.45, 7) is 5.48. The summed E-state index contributed by atoms with van der Waals surface area (Å²) in [5.74, 6) is 1.53. The maximum Gasteiger partial charge on any atom is 0.251 e. The largest absolute Gasteiger partial charge is 0.486 e. The second-order valence-electron chi connectivity index (χ2n) is 9.04. The van der Waals surface area contributed by atoms with Crippen molar-refractivity contribution in [2.24, 2.45) is 5.92 Å². The monoisotopic (exact) mass is 539 g/mol. The fourth-order valence-electron chi connectivity index (χ4n) is 5.09. The average molecular weight is 540 g/mol. The molecule has 6 rings (SSSR count). The van der Waals surface area contributed by atoms with Crippen molar-refractivity contribution < 1.29 is 18.6 Å². The Morgan fingerprint density at radius 3 is 2.78 bits per heavy atom. The Morgan fingerprint density at radius 2 is 1.92 bits per heavy atom. The van der Waals surface area contributed by atoms with Crippen LogP contribution in [0, 0.1) is 11.7 Å². The number of pyridine rings is 3. The van der Waals surface area contributed by atoms with E-state index in [1.54, 1.807) is 16.8 Å². The van der Waals surface area contributed by atoms with Crippen LogP contribution in [0.15, 0.2) is 35.4 Å². The van der Waals surface area contributed by atoms with Gasteiger partial charge in [-0.2, -0.15) is 0 Å². The minimum Gasteiger partial charge on any atom is -0.486 e. The summed E-state index contributed by atoms with van der Waals surface area (Å²) in [6, 6.07) is 4.87. The Hall–Kier alpha value is -2.66. The van der Waals surface area contributed by atoms with E-state index in [9.17, 15) is 9.18 Å². The molecule has 0 unspecified atom stereocenters. The molecule has 3 aliphatic heterocycles. The molecule has 1 fully saturated rings. The highest BCUT2D eigenvalue weighted by Gasteiger charge is 2.30. The number of hydrogen-bond acceptors (Lipinski definition) is 8. The zero-order chi connectivity index (χ0) is 23.1. The molecule has 1 saturated heterocycles. The van der Waals surface area contributed by atoms with Crippen LogP contribution >= 0.6 is 24.8 Å². The van der Waals surface area contributed by atoms with Crippen LogP contribution in [0.5, 0.6) is 17.2 Å². The van der Waals surface area contributed by atoms with Crippen LogP contribution in [0.4, 0.5) is 4.39 Å². The molecule has 2 atom stereocenters. The Morgan fingerprint density at radius 1 is 1.08 bits per heavy atom. The van der Waals surface area contributed by atoms with Crippen LogP contribution in [-0.2, 0) is 6.54 Å². The van der Waals surface area contributed by atoms with Gasteiger partial charge in [0.25, 0.3) is 5.56 Å². The number of nitrogens with zero attached hydrogens (tertiary/aromatic N) is 4. The van der Waals surface area contributed by atoms with Gasteiger partial charge in [-0.3, -0.25) is 19.3 Å². The lowest BCUT2D eigenvalue weighted by molar-refractivity contribution is 0.170. The lowest BCUT2D eigenvalue weighted by Crippen LogP contribution is -2.39. The first-order valence-electron chi connectivity index (χ1n) is 11.7. The fourth-order valence-corrected chi connectivity index (χ4v) is 5.09. The zero-order valence-electron chi connectivity index (χ0n) is 19.5. The number of nitrogens with one attached hydrogen (secondary N) is 1. The number of hydrogen-bond donors (Lipinski definition) is 1. The smallest absolute Gasteiger partial charge is 0.251 e. The van der Waals surface area contributed by atoms with Gasteiger partial charge in [0, 0.05) is 31.8 Å². The fraction of sp³-hybridized carbons (Fsp3) is 0.458. The van der Waals surface area contributed by atoms with Crippen LogP contribution in [0.2, 0.25) is 0 Å². The molecule has 0 aromatic carbocycles. The highest BCUT2D eigenvalue weighted by molar-refractivity contribution is 5.85. The molecule has 0 aliphatic carbocycles. The summed E-state index contributed by atoms with van der Waals surface area (Å²) in [4.78, 5) is 23.6. The third-order valence-corrected chi connectivity index (χ3v) is 6.70. The predicted molar refractivity (Wildman–Crippen MR) is 136 cm³/mol. The molecule has 1 N–H and O–H groups in total. The standard InChI is InChI=1S/C24H26FN5O4.2ClH/c25-18-10-28-19-1-2-22(31)30-17(14-34-24(18)23(19)30)13-29-4-3-15(12-29)8-26-9-16-7-20-21(11-27-16)33-6-5-32-20;;/h1-2,7,10-11,15,17,26H,3-6,8-9,12-14H2;2*1H/t15-,17-;;/m1../s1. The summed E-state index contributed by atoms with van der Waals surface area (Å²) >= 11 is 0. The van der Waals surface area contributed by atoms with Crippen molar-refractivity contribution in [1.82, 2.24) is 24.8 Å². The molecule has 9 nitrogen and oxygen atoms in total. The molecule has 0 bridgehead atoms. The first-order valence-corrected chi connectivity index (χ1v) is 11.7. The first kappa shape index (κ1) is 26.4. The number of aromatic nitrogens is 3. The van der Waals surface area contributed by atoms with Gasteiger partial charge < -0.3 is 24.4 Å². The summed E-state index contributed by atoms with van der Waals surface area (Å²) in [7, 11) is 0. The van der Waals surface area contributed by atoms with E-state index in [4.69, 9.17) is 14.2 Å². The summed E-state index contributed by atoms with van der Waals surface area (Å²) in [6.07, 6.45) is 3.93. The maximum absolute atomic E-state index is 14.2. The summed E-state index contributed by atoms with van der Waals surface area (Å²) in [5.41, 5.74) is 1.79. The topological polar surface area (TPSA) is 90.7 Å². The van der Waals surface area contributed by atoms with Crippen molar-refractivity contribution in [3.63, 3.8) is 0 Å². The van der Waals surface area contributed by atoms with Gasteiger partial charge in [0.1, 0.15) is 25.3 Å². The zero-order valence-corrected chi connectivity index (χ0v) is 21.2. The lowest BCUT2D eigenvalue weighted by atomic mass is 10.1. The summed E-state index contributed by atoms with van der Waals surface area (Å²) < 4.78 is 32.8.